The summed E-state index contributed by atoms with van der Waals surface area (Å²) in [5, 5.41) is 0. The van der Waals surface area contributed by atoms with Crippen molar-refractivity contribution in [2.24, 2.45) is 5.92 Å². The topological polar surface area (TPSA) is 71.5 Å². The molecule has 4 aromatic rings. The van der Waals surface area contributed by atoms with Crippen LogP contribution >= 0.6 is 12.2 Å². The third-order valence-electron chi connectivity index (χ3n) is 7.62. The average molecular weight is 584 g/mol. The fourth-order valence-electron chi connectivity index (χ4n) is 5.51. The van der Waals surface area contributed by atoms with E-state index in [-0.39, 0.29) is 30.7 Å². The summed E-state index contributed by atoms with van der Waals surface area (Å²) in [5.74, 6) is -0.725. The second-order valence-electron chi connectivity index (χ2n) is 10.5. The molecule has 216 valence electrons. The molecule has 0 N–H and O–H groups in total. The zero-order valence-electron chi connectivity index (χ0n) is 23.1. The van der Waals surface area contributed by atoms with Crippen molar-refractivity contribution in [3.63, 3.8) is 0 Å². The van der Waals surface area contributed by atoms with E-state index in [2.05, 4.69) is 0 Å². The first kappa shape index (κ1) is 28.5. The Balaban J connectivity index is 1.26. The van der Waals surface area contributed by atoms with Gasteiger partial charge in [-0.15, -0.1) is 0 Å². The lowest BCUT2D eigenvalue weighted by Crippen LogP contribution is -2.55. The molecular formula is C34H33NO6S. The van der Waals surface area contributed by atoms with E-state index in [0.717, 1.165) is 16.7 Å². The predicted molar refractivity (Wildman–Crippen MR) is 159 cm³/mol. The first-order valence-corrected chi connectivity index (χ1v) is 14.6. The number of aromatic nitrogens is 1. The molecule has 2 aliphatic rings. The van der Waals surface area contributed by atoms with Crippen LogP contribution in [-0.4, -0.2) is 41.2 Å². The lowest BCUT2D eigenvalue weighted by molar-refractivity contribution is -0.183. The van der Waals surface area contributed by atoms with Crippen LogP contribution in [-0.2, 0) is 43.6 Å². The van der Waals surface area contributed by atoms with Crippen LogP contribution in [0.2, 0.25) is 0 Å². The third kappa shape index (κ3) is 7.03. The monoisotopic (exact) mass is 583 g/mol. The SMILES string of the molecule is O=C(C[C@@H]1[C@@H](OCc2ccccc2)[C@H](OCc2ccccc2)[C@@H](OCc2ccccc2)[C@@H]2O[C@H]12)On1ccccc1=S. The number of carbonyl (C=O) groups is 1. The quantitative estimate of drug-likeness (QED) is 0.156. The highest BCUT2D eigenvalue weighted by Gasteiger charge is 2.62. The molecule has 0 radical (unpaired) electrons. The Kier molecular flexibility index (Phi) is 9.18. The van der Waals surface area contributed by atoms with Crippen LogP contribution in [0.5, 0.6) is 0 Å². The van der Waals surface area contributed by atoms with Crippen LogP contribution in [0.4, 0.5) is 0 Å². The number of hydrogen-bond donors (Lipinski definition) is 0. The molecule has 8 heteroatoms. The first-order chi connectivity index (χ1) is 20.7. The van der Waals surface area contributed by atoms with Gasteiger partial charge in [-0.2, -0.15) is 4.73 Å². The standard InChI is InChI=1S/C34H33NO6S/c36-29(41-35-19-11-10-18-28(35)42)20-27-30(37-21-24-12-4-1-5-13-24)32(38-22-25-14-6-2-7-15-25)33(34-31(27)40-34)39-23-26-16-8-3-9-17-26/h1-19,27,30-34H,20-23H2/t27-,30-,31-,32+,33-,34-/m1/s1. The molecule has 6 atom stereocenters. The van der Waals surface area contributed by atoms with Crippen molar-refractivity contribution in [2.75, 3.05) is 0 Å². The molecule has 2 fully saturated rings. The van der Waals surface area contributed by atoms with E-state index in [1.54, 1.807) is 24.4 Å². The Hall–Kier alpha value is -3.66. The van der Waals surface area contributed by atoms with E-state index in [4.69, 9.17) is 36.0 Å². The van der Waals surface area contributed by atoms with Gasteiger partial charge < -0.3 is 23.8 Å². The summed E-state index contributed by atoms with van der Waals surface area (Å²) >= 11 is 5.31. The van der Waals surface area contributed by atoms with Crippen LogP contribution in [0.25, 0.3) is 0 Å². The van der Waals surface area contributed by atoms with Crippen LogP contribution in [0.3, 0.4) is 0 Å². The summed E-state index contributed by atoms with van der Waals surface area (Å²) in [7, 11) is 0. The molecule has 0 spiro atoms. The molecule has 1 aromatic heterocycles. The lowest BCUT2D eigenvalue weighted by Gasteiger charge is -2.40. The lowest BCUT2D eigenvalue weighted by atomic mass is 9.80. The molecule has 42 heavy (non-hydrogen) atoms. The number of nitrogens with zero attached hydrogens (tertiary/aromatic N) is 1. The molecule has 1 saturated carbocycles. The van der Waals surface area contributed by atoms with E-state index in [9.17, 15) is 4.79 Å². The van der Waals surface area contributed by atoms with Gasteiger partial charge in [0.25, 0.3) is 0 Å². The molecule has 0 amide bonds. The molecule has 1 aliphatic carbocycles. The fraction of sp³-hybridized carbons (Fsp3) is 0.294. The van der Waals surface area contributed by atoms with Gasteiger partial charge in [0.2, 0.25) is 0 Å². The molecule has 2 heterocycles. The van der Waals surface area contributed by atoms with E-state index >= 15 is 0 Å². The maximum absolute atomic E-state index is 13.2. The molecule has 1 saturated heterocycles. The zero-order chi connectivity index (χ0) is 28.7. The number of benzene rings is 3. The Labute approximate surface area is 250 Å². The van der Waals surface area contributed by atoms with Crippen molar-refractivity contribution in [1.82, 2.24) is 4.73 Å². The number of epoxide rings is 1. The van der Waals surface area contributed by atoms with Gasteiger partial charge in [0.15, 0.2) is 0 Å². The summed E-state index contributed by atoms with van der Waals surface area (Å²) in [6.45, 7) is 1.14. The Morgan fingerprint density at radius 2 is 1.14 bits per heavy atom. The molecular weight excluding hydrogens is 550 g/mol. The van der Waals surface area contributed by atoms with Gasteiger partial charge in [0.05, 0.1) is 38.4 Å². The minimum atomic E-state index is -0.491. The summed E-state index contributed by atoms with van der Waals surface area (Å²) in [5.41, 5.74) is 3.12. The van der Waals surface area contributed by atoms with Crippen LogP contribution in [0.15, 0.2) is 115 Å². The number of pyridine rings is 1. The van der Waals surface area contributed by atoms with E-state index < -0.39 is 18.2 Å². The first-order valence-electron chi connectivity index (χ1n) is 14.2. The van der Waals surface area contributed by atoms with Gasteiger partial charge in [-0.25, -0.2) is 4.79 Å². The number of carbonyl (C=O) groups excluding carboxylic acids is 1. The highest BCUT2D eigenvalue weighted by atomic mass is 32.1. The van der Waals surface area contributed by atoms with Crippen LogP contribution in [0, 0.1) is 10.6 Å². The van der Waals surface area contributed by atoms with Gasteiger partial charge in [0, 0.05) is 12.1 Å². The maximum Gasteiger partial charge on any atom is 0.333 e. The zero-order valence-corrected chi connectivity index (χ0v) is 23.9. The summed E-state index contributed by atoms with van der Waals surface area (Å²) < 4.78 is 27.7. The van der Waals surface area contributed by atoms with Crippen molar-refractivity contribution in [2.45, 2.75) is 56.8 Å². The second-order valence-corrected chi connectivity index (χ2v) is 11.0. The number of fused-ring (bicyclic) bond motifs is 1. The van der Waals surface area contributed by atoms with Gasteiger partial charge in [0.1, 0.15) is 23.0 Å². The largest absolute Gasteiger partial charge is 0.370 e. The highest BCUT2D eigenvalue weighted by Crippen LogP contribution is 2.47. The predicted octanol–water partition coefficient (Wildman–Crippen LogP) is 5.72. The molecule has 7 nitrogen and oxygen atoms in total. The van der Waals surface area contributed by atoms with Crippen molar-refractivity contribution in [1.29, 1.82) is 0 Å². The second kappa shape index (κ2) is 13.5. The smallest absolute Gasteiger partial charge is 0.333 e. The van der Waals surface area contributed by atoms with Crippen LogP contribution < -0.4 is 4.84 Å². The summed E-state index contributed by atoms with van der Waals surface area (Å²) in [4.78, 5) is 18.8. The third-order valence-corrected chi connectivity index (χ3v) is 7.94. The van der Waals surface area contributed by atoms with E-state index in [0.29, 0.717) is 24.5 Å². The number of hydrogen-bond acceptors (Lipinski definition) is 7. The van der Waals surface area contributed by atoms with Crippen molar-refractivity contribution in [3.8, 4) is 0 Å². The van der Waals surface area contributed by atoms with Crippen molar-refractivity contribution < 1.29 is 28.6 Å². The Morgan fingerprint density at radius 3 is 1.69 bits per heavy atom. The van der Waals surface area contributed by atoms with E-state index in [1.165, 1.54) is 4.73 Å². The van der Waals surface area contributed by atoms with Gasteiger partial charge >= 0.3 is 5.97 Å². The summed E-state index contributed by atoms with van der Waals surface area (Å²) in [6.07, 6.45) is -0.0988. The number of rotatable bonds is 12. The minimum absolute atomic E-state index is 0.0773. The van der Waals surface area contributed by atoms with Crippen LogP contribution in [0.1, 0.15) is 23.1 Å². The maximum atomic E-state index is 13.2. The number of ether oxygens (including phenoxy) is 4. The van der Waals surface area contributed by atoms with E-state index in [1.807, 2.05) is 91.0 Å². The fourth-order valence-corrected chi connectivity index (χ4v) is 5.68. The van der Waals surface area contributed by atoms with Crippen molar-refractivity contribution in [3.05, 3.63) is 137 Å². The highest BCUT2D eigenvalue weighted by molar-refractivity contribution is 7.71. The van der Waals surface area contributed by atoms with Crippen molar-refractivity contribution >= 4 is 18.2 Å². The normalized spacial score (nSPS) is 24.5. The summed E-state index contributed by atoms with van der Waals surface area (Å²) in [6, 6.07) is 35.3. The molecule has 0 bridgehead atoms. The molecule has 1 aliphatic heterocycles. The average Bonchev–Trinajstić information content (AvgIpc) is 3.83. The van der Waals surface area contributed by atoms with Gasteiger partial charge in [-0.3, -0.25) is 0 Å². The Morgan fingerprint density at radius 1 is 0.643 bits per heavy atom. The molecule has 6 rings (SSSR count). The minimum Gasteiger partial charge on any atom is -0.370 e. The molecule has 3 aromatic carbocycles. The van der Waals surface area contributed by atoms with Gasteiger partial charge in [-0.05, 0) is 28.8 Å². The molecule has 0 unspecified atom stereocenters. The van der Waals surface area contributed by atoms with Gasteiger partial charge in [-0.1, -0.05) is 109 Å². The Bertz CT molecular complexity index is 1500.